The minimum atomic E-state index is -2.55. The number of allylic oxidation sites excluding steroid dienone is 1. The van der Waals surface area contributed by atoms with Gasteiger partial charge in [0.05, 0.1) is 0 Å². The molecule has 0 aromatic carbocycles. The lowest BCUT2D eigenvalue weighted by Gasteiger charge is -2.31. The van der Waals surface area contributed by atoms with Crippen molar-refractivity contribution in [3.8, 4) is 0 Å². The Balaban J connectivity index is 3.17. The highest BCUT2D eigenvalue weighted by atomic mass is 31.2. The minimum absolute atomic E-state index is 0.305. The summed E-state index contributed by atoms with van der Waals surface area (Å²) in [6.45, 7) is 14.2. The largest absolute Gasteiger partial charge is 0.283 e. The fraction of sp³-hybridized carbons (Fsp3) is 0.769. The van der Waals surface area contributed by atoms with Crippen LogP contribution < -0.4 is 0 Å². The molecule has 0 radical (unpaired) electrons. The Kier molecular flexibility index (Phi) is 4.80. The van der Waals surface area contributed by atoms with Gasteiger partial charge in [0.2, 0.25) is 7.44 Å². The highest BCUT2D eigenvalue weighted by Crippen LogP contribution is 2.59. The maximum absolute atomic E-state index is 13.2. The number of hydrogen-bond acceptors (Lipinski definition) is 1. The van der Waals surface area contributed by atoms with Crippen molar-refractivity contribution in [2.75, 3.05) is 13.1 Å². The fourth-order valence-corrected chi connectivity index (χ4v) is 5.27. The Morgan fingerprint density at radius 3 is 1.82 bits per heavy atom. The summed E-state index contributed by atoms with van der Waals surface area (Å²) in [6.07, 6.45) is 0. The number of rotatable bonds is 3. The zero-order chi connectivity index (χ0) is 13.2. The van der Waals surface area contributed by atoms with Crippen LogP contribution in [0.25, 0.3) is 0 Å². The van der Waals surface area contributed by atoms with Crippen molar-refractivity contribution in [2.24, 2.45) is 0 Å². The molecular formula is C13H25N2OP. The summed E-state index contributed by atoms with van der Waals surface area (Å²) in [7, 11) is -2.55. The first kappa shape index (κ1) is 14.7. The lowest BCUT2D eigenvalue weighted by atomic mass is 10.3. The molecule has 17 heavy (non-hydrogen) atoms. The molecule has 0 atom stereocenters. The van der Waals surface area contributed by atoms with Crippen LogP contribution in [0.3, 0.4) is 0 Å². The normalized spacial score (nSPS) is 20.9. The van der Waals surface area contributed by atoms with E-state index >= 15 is 0 Å². The van der Waals surface area contributed by atoms with Gasteiger partial charge in [-0.15, -0.1) is 5.73 Å². The highest BCUT2D eigenvalue weighted by Gasteiger charge is 2.43. The predicted molar refractivity (Wildman–Crippen MR) is 74.2 cm³/mol. The van der Waals surface area contributed by atoms with Gasteiger partial charge >= 0.3 is 0 Å². The Hall–Kier alpha value is -0.330. The third-order valence-electron chi connectivity index (χ3n) is 3.01. The van der Waals surface area contributed by atoms with Crippen molar-refractivity contribution in [1.82, 2.24) is 9.34 Å². The average molecular weight is 256 g/mol. The van der Waals surface area contributed by atoms with Gasteiger partial charge in [-0.1, -0.05) is 0 Å². The van der Waals surface area contributed by atoms with Gasteiger partial charge in [0.25, 0.3) is 0 Å². The van der Waals surface area contributed by atoms with Gasteiger partial charge in [0.15, 0.2) is 0 Å². The molecule has 1 saturated heterocycles. The summed E-state index contributed by atoms with van der Waals surface area (Å²) in [4.78, 5) is 0. The van der Waals surface area contributed by atoms with Crippen LogP contribution in [-0.2, 0) is 4.57 Å². The van der Waals surface area contributed by atoms with Crippen molar-refractivity contribution in [3.63, 3.8) is 0 Å². The SMILES string of the molecule is CC(C)=C=CP1(=O)N(C(C)C)CCN1C(C)C. The molecule has 0 saturated carbocycles. The minimum Gasteiger partial charge on any atom is -0.283 e. The third kappa shape index (κ3) is 3.11. The molecule has 1 heterocycles. The molecule has 1 aliphatic heterocycles. The van der Waals surface area contributed by atoms with Gasteiger partial charge in [-0.05, 0) is 47.1 Å². The van der Waals surface area contributed by atoms with Gasteiger partial charge in [-0.2, -0.15) is 0 Å². The molecule has 0 aliphatic carbocycles. The lowest BCUT2D eigenvalue weighted by molar-refractivity contribution is 0.388. The van der Waals surface area contributed by atoms with Crippen LogP contribution in [-0.4, -0.2) is 34.5 Å². The Morgan fingerprint density at radius 2 is 1.53 bits per heavy atom. The van der Waals surface area contributed by atoms with Crippen molar-refractivity contribution in [1.29, 1.82) is 0 Å². The van der Waals surface area contributed by atoms with Crippen LogP contribution in [0.15, 0.2) is 17.1 Å². The molecule has 1 fully saturated rings. The van der Waals surface area contributed by atoms with Crippen LogP contribution in [0.1, 0.15) is 41.5 Å². The van der Waals surface area contributed by atoms with Crippen molar-refractivity contribution in [3.05, 3.63) is 17.1 Å². The van der Waals surface area contributed by atoms with Crippen molar-refractivity contribution in [2.45, 2.75) is 53.6 Å². The van der Waals surface area contributed by atoms with E-state index in [-0.39, 0.29) is 0 Å². The summed E-state index contributed by atoms with van der Waals surface area (Å²) < 4.78 is 17.4. The van der Waals surface area contributed by atoms with E-state index in [9.17, 15) is 4.57 Å². The van der Waals surface area contributed by atoms with Crippen LogP contribution >= 0.6 is 7.44 Å². The van der Waals surface area contributed by atoms with E-state index in [0.717, 1.165) is 18.7 Å². The van der Waals surface area contributed by atoms with Gasteiger partial charge < -0.3 is 0 Å². The summed E-state index contributed by atoms with van der Waals surface area (Å²) in [5.74, 6) is 1.80. The summed E-state index contributed by atoms with van der Waals surface area (Å²) >= 11 is 0. The highest BCUT2D eigenvalue weighted by molar-refractivity contribution is 7.62. The molecule has 3 nitrogen and oxygen atoms in total. The Labute approximate surface area is 106 Å². The van der Waals surface area contributed by atoms with E-state index in [1.807, 2.05) is 13.8 Å². The maximum atomic E-state index is 13.2. The van der Waals surface area contributed by atoms with E-state index in [0.29, 0.717) is 12.1 Å². The zero-order valence-electron chi connectivity index (χ0n) is 11.9. The predicted octanol–water partition coefficient (Wildman–Crippen LogP) is 3.69. The van der Waals surface area contributed by atoms with Crippen LogP contribution in [0.2, 0.25) is 0 Å². The van der Waals surface area contributed by atoms with Crippen molar-refractivity contribution < 1.29 is 4.57 Å². The van der Waals surface area contributed by atoms with Crippen LogP contribution in [0, 0.1) is 0 Å². The molecule has 1 aliphatic rings. The molecule has 0 aromatic heterocycles. The van der Waals surface area contributed by atoms with Gasteiger partial charge in [0.1, 0.15) is 0 Å². The molecule has 1 rings (SSSR count). The molecular weight excluding hydrogens is 231 g/mol. The maximum Gasteiger partial charge on any atom is 0.246 e. The smallest absolute Gasteiger partial charge is 0.246 e. The molecule has 0 spiro atoms. The van der Waals surface area contributed by atoms with Gasteiger partial charge in [-0.3, -0.25) is 4.57 Å². The fourth-order valence-electron chi connectivity index (χ4n) is 2.18. The molecule has 98 valence electrons. The molecule has 0 unspecified atom stereocenters. The summed E-state index contributed by atoms with van der Waals surface area (Å²) in [5, 5.41) is 0. The Bertz CT molecular complexity index is 357. The quantitative estimate of drug-likeness (QED) is 0.568. The standard InChI is InChI=1S/C13H25N2OP/c1-11(2)7-10-17(16)14(12(3)4)8-9-15(17)13(5)6/h10,12-13H,8-9H2,1-6H3. The molecule has 0 bridgehead atoms. The second kappa shape index (κ2) is 5.54. The molecule has 4 heteroatoms. The van der Waals surface area contributed by atoms with E-state index in [4.69, 9.17) is 0 Å². The van der Waals surface area contributed by atoms with E-state index < -0.39 is 7.44 Å². The van der Waals surface area contributed by atoms with E-state index in [1.165, 1.54) is 0 Å². The zero-order valence-corrected chi connectivity index (χ0v) is 12.8. The van der Waals surface area contributed by atoms with E-state index in [2.05, 4.69) is 42.8 Å². The first-order valence-electron chi connectivity index (χ1n) is 6.34. The molecule has 0 amide bonds. The van der Waals surface area contributed by atoms with E-state index in [1.54, 1.807) is 5.82 Å². The molecule has 0 aromatic rings. The van der Waals surface area contributed by atoms with Gasteiger partial charge in [0, 0.05) is 31.0 Å². The number of nitrogens with zero attached hydrogens (tertiary/aromatic N) is 2. The topological polar surface area (TPSA) is 23.6 Å². The first-order chi connectivity index (χ1) is 7.79. The monoisotopic (exact) mass is 256 g/mol. The molecule has 0 N–H and O–H groups in total. The Morgan fingerprint density at radius 1 is 1.12 bits per heavy atom. The summed E-state index contributed by atoms with van der Waals surface area (Å²) in [5.41, 5.74) is 4.21. The summed E-state index contributed by atoms with van der Waals surface area (Å²) in [6, 6.07) is 0.611. The van der Waals surface area contributed by atoms with Gasteiger partial charge in [-0.25, -0.2) is 9.34 Å². The lowest BCUT2D eigenvalue weighted by Crippen LogP contribution is -2.27. The third-order valence-corrected chi connectivity index (χ3v) is 6.27. The van der Waals surface area contributed by atoms with Crippen LogP contribution in [0.5, 0.6) is 0 Å². The first-order valence-corrected chi connectivity index (χ1v) is 8.02. The van der Waals surface area contributed by atoms with Crippen LogP contribution in [0.4, 0.5) is 0 Å². The second-order valence-corrected chi connectivity index (χ2v) is 7.84. The number of hydrogen-bond donors (Lipinski definition) is 0. The van der Waals surface area contributed by atoms with Crippen molar-refractivity contribution >= 4 is 7.44 Å². The average Bonchev–Trinajstić information content (AvgIpc) is 2.53. The second-order valence-electron chi connectivity index (χ2n) is 5.38.